The molecule has 0 aromatic heterocycles. The van der Waals surface area contributed by atoms with Crippen LogP contribution in [0.15, 0.2) is 0 Å². The van der Waals surface area contributed by atoms with Crippen molar-refractivity contribution in [2.45, 2.75) is 161 Å². The Bertz CT molecular complexity index is 972. The van der Waals surface area contributed by atoms with Crippen LogP contribution >= 0.6 is 0 Å². The highest BCUT2D eigenvalue weighted by Crippen LogP contribution is 2.38. The van der Waals surface area contributed by atoms with E-state index in [9.17, 15) is 25.2 Å². The Morgan fingerprint density at radius 3 is 1.91 bits per heavy atom. The fourth-order valence-corrected chi connectivity index (χ4v) is 7.84. The fourth-order valence-electron chi connectivity index (χ4n) is 7.84. The van der Waals surface area contributed by atoms with Crippen LogP contribution in [-0.4, -0.2) is 132 Å². The minimum Gasteiger partial charge on any atom is -0.462 e. The number of carbonyl (C=O) groups is 1. The van der Waals surface area contributed by atoms with Crippen molar-refractivity contribution < 1.29 is 53.6 Å². The van der Waals surface area contributed by atoms with Gasteiger partial charge in [0.1, 0.15) is 18.3 Å². The van der Waals surface area contributed by atoms with E-state index in [0.29, 0.717) is 12.8 Å². The van der Waals surface area contributed by atoms with Crippen LogP contribution in [0.2, 0.25) is 0 Å². The van der Waals surface area contributed by atoms with Crippen LogP contribution < -0.4 is 0 Å². The van der Waals surface area contributed by atoms with Crippen LogP contribution in [0.1, 0.15) is 81.6 Å². The summed E-state index contributed by atoms with van der Waals surface area (Å²) in [6.45, 7) is 16.8. The van der Waals surface area contributed by atoms with Crippen LogP contribution in [0.3, 0.4) is 0 Å². The Morgan fingerprint density at radius 2 is 1.32 bits per heavy atom. The molecule has 0 saturated carbocycles. The third-order valence-corrected chi connectivity index (χ3v) is 11.3. The third kappa shape index (κ3) is 9.65. The number of nitrogens with zero attached hydrogens (tertiary/aromatic N) is 1. The minimum atomic E-state index is -0.941. The molecule has 0 unspecified atom stereocenters. The maximum atomic E-state index is 13.8. The SMILES string of the molecule is CO[C@H]1C[C@H](O[C@H]2[C@H](C)[C@@H](O[C@@H]3O[C@H](C)C[C@H](N(C)C)[C@H]3O)[C@@H](C)C[C@H](C)[C@H](O)[C@H](C)[C@@H](O)[C@@H](C)[C@@H](C)OC(=O)[C@@H]2C)O[C@@H](C)[C@@H]1O. The maximum Gasteiger partial charge on any atom is 0.311 e. The van der Waals surface area contributed by atoms with Gasteiger partial charge in [0.05, 0.1) is 48.6 Å². The second-order valence-electron chi connectivity index (χ2n) is 15.2. The molecule has 12 heteroatoms. The van der Waals surface area contributed by atoms with Crippen LogP contribution in [0, 0.1) is 35.5 Å². The van der Waals surface area contributed by atoms with Gasteiger partial charge in [0.15, 0.2) is 12.6 Å². The van der Waals surface area contributed by atoms with Gasteiger partial charge in [0.2, 0.25) is 0 Å². The summed E-state index contributed by atoms with van der Waals surface area (Å²) in [5.41, 5.74) is 0. The molecule has 12 nitrogen and oxygen atoms in total. The van der Waals surface area contributed by atoms with Crippen molar-refractivity contribution in [2.24, 2.45) is 35.5 Å². The van der Waals surface area contributed by atoms with Gasteiger partial charge in [-0.25, -0.2) is 0 Å². The summed E-state index contributed by atoms with van der Waals surface area (Å²) in [6.07, 6.45) is -7.06. The van der Waals surface area contributed by atoms with E-state index in [1.165, 1.54) is 7.11 Å². The lowest BCUT2D eigenvalue weighted by atomic mass is 9.76. The number of esters is 1. The molecular weight excluding hydrogens is 610 g/mol. The molecule has 0 radical (unpaired) electrons. The van der Waals surface area contributed by atoms with Gasteiger partial charge in [0, 0.05) is 37.3 Å². The molecule has 0 aromatic rings. The molecule has 19 atom stereocenters. The highest BCUT2D eigenvalue weighted by molar-refractivity contribution is 5.73. The second kappa shape index (κ2) is 17.3. The lowest BCUT2D eigenvalue weighted by Gasteiger charge is -2.46. The van der Waals surface area contributed by atoms with Gasteiger partial charge in [-0.05, 0) is 66.5 Å². The first kappa shape index (κ1) is 40.5. The fraction of sp³-hybridized carbons (Fsp3) is 0.971. The molecule has 3 rings (SSSR count). The quantitative estimate of drug-likeness (QED) is 0.306. The number of hydrogen-bond acceptors (Lipinski definition) is 12. The number of hydrogen-bond donors (Lipinski definition) is 4. The Kier molecular flexibility index (Phi) is 14.9. The van der Waals surface area contributed by atoms with Crippen molar-refractivity contribution in [1.82, 2.24) is 4.90 Å². The van der Waals surface area contributed by atoms with E-state index in [-0.39, 0.29) is 30.4 Å². The molecule has 0 spiro atoms. The lowest BCUT2D eigenvalue weighted by Crippen LogP contribution is -2.57. The van der Waals surface area contributed by atoms with Gasteiger partial charge < -0.3 is 53.7 Å². The largest absolute Gasteiger partial charge is 0.462 e. The van der Waals surface area contributed by atoms with Gasteiger partial charge in [-0.2, -0.15) is 0 Å². The van der Waals surface area contributed by atoms with Crippen molar-refractivity contribution in [3.05, 3.63) is 0 Å². The van der Waals surface area contributed by atoms with Crippen molar-refractivity contribution in [2.75, 3.05) is 21.2 Å². The summed E-state index contributed by atoms with van der Waals surface area (Å²) >= 11 is 0. The number of methoxy groups -OCH3 is 1. The zero-order valence-corrected chi connectivity index (χ0v) is 30.7. The van der Waals surface area contributed by atoms with Crippen LogP contribution in [0.4, 0.5) is 0 Å². The standard InChI is InChI=1S/C35H65NO11/c1-16-13-17(2)32(47-35-31(40)25(36(10)11)14-18(3)43-35)21(6)33(46-27-15-26(42-12)30(39)24(9)44-27)22(7)34(41)45-23(8)19(4)29(38)20(5)28(16)37/h16-33,35,37-40H,13-15H2,1-12H3/t16-,17-,18+,19-,20-,21+,22+,23+,24-,25-,26-,27-,28-,29-,30-,31+,32-,33-,35-/m0/s1. The highest BCUT2D eigenvalue weighted by atomic mass is 16.7. The van der Waals surface area contributed by atoms with E-state index in [0.717, 1.165) is 0 Å². The van der Waals surface area contributed by atoms with E-state index < -0.39 is 97.2 Å². The van der Waals surface area contributed by atoms with E-state index >= 15 is 0 Å². The number of rotatable bonds is 6. The Labute approximate surface area is 282 Å². The van der Waals surface area contributed by atoms with E-state index in [1.54, 1.807) is 20.8 Å². The molecule has 0 amide bonds. The smallest absolute Gasteiger partial charge is 0.311 e. The molecule has 3 fully saturated rings. The predicted molar refractivity (Wildman–Crippen MR) is 175 cm³/mol. The van der Waals surface area contributed by atoms with Crippen molar-refractivity contribution in [3.8, 4) is 0 Å². The second-order valence-corrected chi connectivity index (χ2v) is 15.2. The molecule has 0 aromatic carbocycles. The predicted octanol–water partition coefficient (Wildman–Crippen LogP) is 2.57. The molecule has 3 saturated heterocycles. The summed E-state index contributed by atoms with van der Waals surface area (Å²) in [5.74, 6) is -3.04. The molecule has 0 bridgehead atoms. The maximum absolute atomic E-state index is 13.8. The zero-order valence-electron chi connectivity index (χ0n) is 30.7. The number of carbonyl (C=O) groups excluding carboxylic acids is 1. The number of cyclic esters (lactones) is 1. The first-order valence-corrected chi connectivity index (χ1v) is 17.6. The van der Waals surface area contributed by atoms with E-state index in [4.69, 9.17) is 28.4 Å². The first-order chi connectivity index (χ1) is 21.9. The average Bonchev–Trinajstić information content (AvgIpc) is 3.02. The molecule has 4 N–H and O–H groups in total. The number of aliphatic hydroxyl groups excluding tert-OH is 4. The van der Waals surface area contributed by atoms with Crippen LogP contribution in [-0.2, 0) is 33.2 Å². The summed E-state index contributed by atoms with van der Waals surface area (Å²) in [6, 6.07) is -0.185. The van der Waals surface area contributed by atoms with Gasteiger partial charge in [-0.1, -0.05) is 34.6 Å². The van der Waals surface area contributed by atoms with E-state index in [1.807, 2.05) is 60.5 Å². The molecular formula is C35H65NO11. The molecule has 3 aliphatic rings. The van der Waals surface area contributed by atoms with Gasteiger partial charge >= 0.3 is 5.97 Å². The summed E-state index contributed by atoms with van der Waals surface area (Å²) in [4.78, 5) is 15.8. The van der Waals surface area contributed by atoms with E-state index in [2.05, 4.69) is 0 Å². The normalized spacial score (nSPS) is 49.7. The van der Waals surface area contributed by atoms with Gasteiger partial charge in [-0.15, -0.1) is 0 Å². The number of likely N-dealkylation sites (N-methyl/N-ethyl adjacent to an activating group) is 1. The number of aliphatic hydroxyl groups is 4. The third-order valence-electron chi connectivity index (χ3n) is 11.3. The van der Waals surface area contributed by atoms with Gasteiger partial charge in [-0.3, -0.25) is 4.79 Å². The first-order valence-electron chi connectivity index (χ1n) is 17.6. The van der Waals surface area contributed by atoms with Crippen molar-refractivity contribution in [1.29, 1.82) is 0 Å². The summed E-state index contributed by atoms with van der Waals surface area (Å²) < 4.78 is 37.2. The minimum absolute atomic E-state index is 0.165. The molecule has 47 heavy (non-hydrogen) atoms. The Morgan fingerprint density at radius 1 is 0.681 bits per heavy atom. The summed E-state index contributed by atoms with van der Waals surface area (Å²) in [5, 5.41) is 44.6. The van der Waals surface area contributed by atoms with Gasteiger partial charge in [0.25, 0.3) is 0 Å². The lowest BCUT2D eigenvalue weighted by molar-refractivity contribution is -0.299. The van der Waals surface area contributed by atoms with Crippen LogP contribution in [0.5, 0.6) is 0 Å². The Balaban J connectivity index is 2.06. The van der Waals surface area contributed by atoms with Crippen molar-refractivity contribution in [3.63, 3.8) is 0 Å². The molecule has 3 aliphatic heterocycles. The van der Waals surface area contributed by atoms with Crippen molar-refractivity contribution >= 4 is 5.97 Å². The summed E-state index contributed by atoms with van der Waals surface area (Å²) in [7, 11) is 5.37. The average molecular weight is 676 g/mol. The Hall–Kier alpha value is -0.930. The molecule has 276 valence electrons. The number of ether oxygens (including phenoxy) is 6. The van der Waals surface area contributed by atoms with Crippen LogP contribution in [0.25, 0.3) is 0 Å². The topological polar surface area (TPSA) is 157 Å². The molecule has 3 heterocycles. The highest BCUT2D eigenvalue weighted by Gasteiger charge is 2.47. The molecule has 0 aliphatic carbocycles. The monoisotopic (exact) mass is 675 g/mol. The zero-order chi connectivity index (χ0) is 35.5.